The number of thioether (sulfide) groups is 1. The van der Waals surface area contributed by atoms with Crippen molar-refractivity contribution in [3.05, 3.63) is 29.3 Å². The van der Waals surface area contributed by atoms with Crippen molar-refractivity contribution < 1.29 is 4.79 Å². The minimum absolute atomic E-state index is 0.0462. The molecule has 104 valence electrons. The molecule has 0 atom stereocenters. The van der Waals surface area contributed by atoms with Crippen LogP contribution in [0.3, 0.4) is 0 Å². The summed E-state index contributed by atoms with van der Waals surface area (Å²) in [5, 5.41) is 14.6. The fourth-order valence-corrected chi connectivity index (χ4v) is 2.49. The van der Waals surface area contributed by atoms with Crippen LogP contribution in [0.1, 0.15) is 29.8 Å². The molecule has 0 spiro atoms. The van der Waals surface area contributed by atoms with Gasteiger partial charge in [0.25, 0.3) is 5.91 Å². The third kappa shape index (κ3) is 2.78. The molecule has 0 unspecified atom stereocenters. The second kappa shape index (κ2) is 5.55. The van der Waals surface area contributed by atoms with Gasteiger partial charge in [0.05, 0.1) is 5.69 Å². The van der Waals surface area contributed by atoms with Gasteiger partial charge in [-0.15, -0.1) is 0 Å². The molecular weight excluding hydrogens is 272 g/mol. The Hall–Kier alpha value is -2.00. The summed E-state index contributed by atoms with van der Waals surface area (Å²) in [6.07, 6.45) is 3.71. The zero-order chi connectivity index (χ0) is 14.8. The smallest absolute Gasteiger partial charge is 0.251 e. The van der Waals surface area contributed by atoms with E-state index >= 15 is 0 Å². The molecule has 6 heteroatoms. The van der Waals surface area contributed by atoms with Gasteiger partial charge in [0, 0.05) is 17.5 Å². The van der Waals surface area contributed by atoms with Crippen LogP contribution in [0.2, 0.25) is 0 Å². The molecule has 1 aliphatic heterocycles. The van der Waals surface area contributed by atoms with Gasteiger partial charge in [-0.3, -0.25) is 10.1 Å². The number of nitrogens with one attached hydrogen (secondary N) is 2. The Morgan fingerprint density at radius 3 is 2.95 bits per heavy atom. The van der Waals surface area contributed by atoms with E-state index in [4.69, 9.17) is 5.26 Å². The van der Waals surface area contributed by atoms with E-state index in [2.05, 4.69) is 29.5 Å². The second-order valence-corrected chi connectivity index (χ2v) is 5.95. The van der Waals surface area contributed by atoms with Gasteiger partial charge in [-0.1, -0.05) is 25.6 Å². The Kier molecular flexibility index (Phi) is 4.00. The van der Waals surface area contributed by atoms with Crippen molar-refractivity contribution in [3.8, 4) is 6.19 Å². The number of fused-ring (bicyclic) bond motifs is 1. The number of carbonyl (C=O) groups excluding carboxylic acids is 1. The average molecular weight is 288 g/mol. The molecular formula is C14H16N4OS. The normalized spacial score (nSPS) is 16.9. The van der Waals surface area contributed by atoms with Crippen molar-refractivity contribution in [2.45, 2.75) is 19.3 Å². The summed E-state index contributed by atoms with van der Waals surface area (Å²) in [4.78, 5) is 16.2. The van der Waals surface area contributed by atoms with Crippen LogP contribution in [0.4, 0.5) is 5.69 Å². The minimum Gasteiger partial charge on any atom is -0.351 e. The molecule has 0 bridgehead atoms. The Morgan fingerprint density at radius 2 is 2.30 bits per heavy atom. The van der Waals surface area contributed by atoms with E-state index in [0.717, 1.165) is 11.3 Å². The van der Waals surface area contributed by atoms with E-state index in [-0.39, 0.29) is 11.3 Å². The average Bonchev–Trinajstić information content (AvgIpc) is 2.43. The van der Waals surface area contributed by atoms with Gasteiger partial charge in [0.15, 0.2) is 11.4 Å². The summed E-state index contributed by atoms with van der Waals surface area (Å²) < 4.78 is 0. The first kappa shape index (κ1) is 14.4. The van der Waals surface area contributed by atoms with Crippen molar-refractivity contribution in [2.75, 3.05) is 12.8 Å². The topological polar surface area (TPSA) is 77.3 Å². The third-order valence-electron chi connectivity index (χ3n) is 3.25. The van der Waals surface area contributed by atoms with Crippen molar-refractivity contribution in [2.24, 2.45) is 4.99 Å². The molecule has 1 aliphatic rings. The zero-order valence-electron chi connectivity index (χ0n) is 11.7. The minimum atomic E-state index is -0.128. The summed E-state index contributed by atoms with van der Waals surface area (Å²) in [5.74, 6) is -0.0462. The predicted octanol–water partition coefficient (Wildman–Crippen LogP) is 2.13. The number of hydrogen-bond acceptors (Lipinski definition) is 4. The van der Waals surface area contributed by atoms with Crippen molar-refractivity contribution in [1.82, 2.24) is 10.6 Å². The summed E-state index contributed by atoms with van der Waals surface area (Å²) in [5.41, 5.74) is 2.29. The Bertz CT molecular complexity index is 616. The van der Waals surface area contributed by atoms with Gasteiger partial charge in [0.1, 0.15) is 0 Å². The lowest BCUT2D eigenvalue weighted by molar-refractivity contribution is 0.0930. The predicted molar refractivity (Wildman–Crippen MR) is 81.2 cm³/mol. The summed E-state index contributed by atoms with van der Waals surface area (Å²) in [6.45, 7) is 4.78. The number of hydrogen-bond donors (Lipinski definition) is 2. The van der Waals surface area contributed by atoms with Gasteiger partial charge in [-0.25, -0.2) is 4.99 Å². The molecule has 1 heterocycles. The van der Waals surface area contributed by atoms with Crippen LogP contribution >= 0.6 is 11.8 Å². The van der Waals surface area contributed by atoms with E-state index in [1.54, 1.807) is 12.1 Å². The first-order valence-corrected chi connectivity index (χ1v) is 7.41. The highest BCUT2D eigenvalue weighted by molar-refractivity contribution is 8.13. The van der Waals surface area contributed by atoms with Crippen LogP contribution in [0.5, 0.6) is 0 Å². The van der Waals surface area contributed by atoms with Crippen LogP contribution in [0.15, 0.2) is 23.2 Å². The number of rotatable bonds is 1. The number of carbonyl (C=O) groups is 1. The first-order valence-electron chi connectivity index (χ1n) is 6.18. The van der Waals surface area contributed by atoms with Crippen LogP contribution in [-0.2, 0) is 5.41 Å². The number of nitriles is 1. The standard InChI is InChI=1S/C14H16N4OS/c1-14(2)7-16-12(19)10-5-4-9(6-11(10)14)18-13(20-3)17-8-15/h4-6H,7H2,1-3H3,(H,16,19)(H,17,18). The highest BCUT2D eigenvalue weighted by atomic mass is 32.2. The van der Waals surface area contributed by atoms with E-state index in [0.29, 0.717) is 17.3 Å². The molecule has 0 radical (unpaired) electrons. The fraction of sp³-hybridized carbons (Fsp3) is 0.357. The van der Waals surface area contributed by atoms with E-state index < -0.39 is 0 Å². The Balaban J connectivity index is 2.46. The molecule has 0 aromatic heterocycles. The van der Waals surface area contributed by atoms with Crippen LogP contribution in [0, 0.1) is 11.5 Å². The lowest BCUT2D eigenvalue weighted by atomic mass is 9.79. The number of nitrogens with zero attached hydrogens (tertiary/aromatic N) is 2. The van der Waals surface area contributed by atoms with Crippen molar-refractivity contribution in [3.63, 3.8) is 0 Å². The van der Waals surface area contributed by atoms with E-state index in [1.165, 1.54) is 11.8 Å². The maximum atomic E-state index is 11.9. The molecule has 0 saturated heterocycles. The molecule has 0 fully saturated rings. The van der Waals surface area contributed by atoms with Crippen LogP contribution in [0.25, 0.3) is 0 Å². The van der Waals surface area contributed by atoms with Gasteiger partial charge in [-0.2, -0.15) is 5.26 Å². The van der Waals surface area contributed by atoms with Gasteiger partial charge in [-0.05, 0) is 30.0 Å². The molecule has 1 aromatic carbocycles. The maximum absolute atomic E-state index is 11.9. The van der Waals surface area contributed by atoms with Crippen LogP contribution < -0.4 is 10.6 Å². The molecule has 1 aromatic rings. The van der Waals surface area contributed by atoms with Gasteiger partial charge in [0.2, 0.25) is 0 Å². The summed E-state index contributed by atoms with van der Waals surface area (Å²) in [7, 11) is 0. The zero-order valence-corrected chi connectivity index (χ0v) is 12.5. The molecule has 20 heavy (non-hydrogen) atoms. The Labute approximate surface area is 122 Å². The van der Waals surface area contributed by atoms with E-state index in [1.807, 2.05) is 18.5 Å². The quantitative estimate of drug-likeness (QED) is 0.359. The molecule has 0 aliphatic carbocycles. The SMILES string of the molecule is CSC(=Nc1ccc2c(c1)C(C)(C)CNC2=O)NC#N. The fourth-order valence-electron chi connectivity index (χ4n) is 2.14. The number of amidine groups is 1. The van der Waals surface area contributed by atoms with Crippen molar-refractivity contribution in [1.29, 1.82) is 5.26 Å². The first-order chi connectivity index (χ1) is 9.47. The number of benzene rings is 1. The molecule has 2 N–H and O–H groups in total. The van der Waals surface area contributed by atoms with Gasteiger partial charge < -0.3 is 5.32 Å². The van der Waals surface area contributed by atoms with Crippen molar-refractivity contribution >= 4 is 28.5 Å². The lowest BCUT2D eigenvalue weighted by Crippen LogP contribution is -2.43. The monoisotopic (exact) mass is 288 g/mol. The van der Waals surface area contributed by atoms with Crippen LogP contribution in [-0.4, -0.2) is 23.9 Å². The second-order valence-electron chi connectivity index (χ2n) is 5.15. The third-order valence-corrected chi connectivity index (χ3v) is 3.83. The highest BCUT2D eigenvalue weighted by Gasteiger charge is 2.31. The number of aliphatic imine (C=N–C) groups is 1. The largest absolute Gasteiger partial charge is 0.351 e. The summed E-state index contributed by atoms with van der Waals surface area (Å²) >= 11 is 1.36. The molecule has 1 amide bonds. The van der Waals surface area contributed by atoms with Gasteiger partial charge >= 0.3 is 0 Å². The molecule has 2 rings (SSSR count). The maximum Gasteiger partial charge on any atom is 0.251 e. The van der Waals surface area contributed by atoms with E-state index in [9.17, 15) is 4.79 Å². The number of amides is 1. The summed E-state index contributed by atoms with van der Waals surface area (Å²) in [6, 6.07) is 5.49. The highest BCUT2D eigenvalue weighted by Crippen LogP contribution is 2.32. The Morgan fingerprint density at radius 1 is 1.55 bits per heavy atom. The molecule has 0 saturated carbocycles. The molecule has 5 nitrogen and oxygen atoms in total. The lowest BCUT2D eigenvalue weighted by Gasteiger charge is -2.32.